The number of hydrogen-bond donors (Lipinski definition) is 0. The molecule has 2 fully saturated rings. The number of hydrogen-bond acceptors (Lipinski definition) is 6. The first-order valence-corrected chi connectivity index (χ1v) is 9.82. The Morgan fingerprint density at radius 1 is 1.00 bits per heavy atom. The Morgan fingerprint density at radius 2 is 1.76 bits per heavy atom. The Hall–Kier alpha value is -1.31. The van der Waals surface area contributed by atoms with Gasteiger partial charge in [0.2, 0.25) is 0 Å². The van der Waals surface area contributed by atoms with Gasteiger partial charge in [-0.25, -0.2) is 0 Å². The third-order valence-corrected chi connectivity index (χ3v) is 5.63. The normalized spacial score (nSPS) is 25.9. The van der Waals surface area contributed by atoms with Crippen molar-refractivity contribution >= 4 is 11.3 Å². The molecule has 5 nitrogen and oxygen atoms in total. The zero-order valence-corrected chi connectivity index (χ0v) is 15.3. The lowest BCUT2D eigenvalue weighted by Gasteiger charge is -2.43. The van der Waals surface area contributed by atoms with Gasteiger partial charge >= 0.3 is 0 Å². The monoisotopic (exact) mass is 359 g/mol. The maximum Gasteiger partial charge on any atom is 0.117 e. The van der Waals surface area contributed by atoms with E-state index in [4.69, 9.17) is 9.47 Å². The van der Waals surface area contributed by atoms with Gasteiger partial charge in [-0.3, -0.25) is 14.8 Å². The van der Waals surface area contributed by atoms with Crippen molar-refractivity contribution in [2.45, 2.75) is 18.7 Å². The van der Waals surface area contributed by atoms with Crippen LogP contribution in [0.25, 0.3) is 0 Å². The molecule has 4 heterocycles. The molecular formula is C19H25N3O2S. The quantitative estimate of drug-likeness (QED) is 0.837. The number of nitrogens with zero attached hydrogens (tertiary/aromatic N) is 3. The van der Waals surface area contributed by atoms with Crippen LogP contribution in [0, 0.1) is 0 Å². The molecule has 0 N–H and O–H groups in total. The van der Waals surface area contributed by atoms with E-state index in [1.165, 1.54) is 11.1 Å². The van der Waals surface area contributed by atoms with E-state index in [0.29, 0.717) is 6.61 Å². The number of rotatable bonds is 4. The Morgan fingerprint density at radius 3 is 2.52 bits per heavy atom. The Kier molecular flexibility index (Phi) is 5.43. The molecule has 0 saturated carbocycles. The first-order valence-electron chi connectivity index (χ1n) is 8.88. The highest BCUT2D eigenvalue weighted by molar-refractivity contribution is 7.07. The molecule has 2 aromatic rings. The van der Waals surface area contributed by atoms with Gasteiger partial charge in [-0.15, -0.1) is 0 Å². The summed E-state index contributed by atoms with van der Waals surface area (Å²) in [6, 6.07) is 6.39. The van der Waals surface area contributed by atoms with Crippen molar-refractivity contribution in [2.24, 2.45) is 0 Å². The lowest BCUT2D eigenvalue weighted by molar-refractivity contribution is -0.143. The van der Waals surface area contributed by atoms with E-state index >= 15 is 0 Å². The molecule has 0 bridgehead atoms. The molecule has 0 aromatic carbocycles. The highest BCUT2D eigenvalue weighted by Crippen LogP contribution is 2.25. The van der Waals surface area contributed by atoms with Crippen molar-refractivity contribution in [1.29, 1.82) is 0 Å². The van der Waals surface area contributed by atoms with Crippen molar-refractivity contribution in [3.63, 3.8) is 0 Å². The summed E-state index contributed by atoms with van der Waals surface area (Å²) in [7, 11) is 0. The van der Waals surface area contributed by atoms with Gasteiger partial charge in [0, 0.05) is 51.7 Å². The minimum absolute atomic E-state index is 0.224. The second-order valence-electron chi connectivity index (χ2n) is 6.99. The lowest BCUT2D eigenvalue weighted by Crippen LogP contribution is -2.58. The average molecular weight is 359 g/mol. The predicted octanol–water partition coefficient (Wildman–Crippen LogP) is 2.25. The van der Waals surface area contributed by atoms with Crippen LogP contribution in [-0.2, 0) is 22.6 Å². The zero-order valence-electron chi connectivity index (χ0n) is 14.5. The second kappa shape index (κ2) is 7.93. The number of pyridine rings is 1. The van der Waals surface area contributed by atoms with Crippen molar-refractivity contribution < 1.29 is 9.47 Å². The Bertz CT molecular complexity index is 652. The number of morpholine rings is 1. The van der Waals surface area contributed by atoms with Crippen LogP contribution in [0.3, 0.4) is 0 Å². The van der Waals surface area contributed by atoms with Crippen molar-refractivity contribution in [2.75, 3.05) is 46.0 Å². The first-order chi connectivity index (χ1) is 12.3. The van der Waals surface area contributed by atoms with Crippen LogP contribution < -0.4 is 0 Å². The number of ether oxygens (including phenoxy) is 2. The van der Waals surface area contributed by atoms with E-state index in [1.807, 2.05) is 12.4 Å². The molecule has 25 heavy (non-hydrogen) atoms. The molecular weight excluding hydrogens is 334 g/mol. The molecule has 2 aromatic heterocycles. The molecule has 134 valence electrons. The van der Waals surface area contributed by atoms with Gasteiger partial charge in [0.15, 0.2) is 0 Å². The molecule has 0 unspecified atom stereocenters. The molecule has 0 amide bonds. The molecule has 2 aliphatic heterocycles. The van der Waals surface area contributed by atoms with E-state index in [9.17, 15) is 0 Å². The Balaban J connectivity index is 1.43. The van der Waals surface area contributed by atoms with Crippen LogP contribution in [0.15, 0.2) is 41.4 Å². The summed E-state index contributed by atoms with van der Waals surface area (Å²) in [5.74, 6) is 0. The summed E-state index contributed by atoms with van der Waals surface area (Å²) in [5.41, 5.74) is 2.46. The van der Waals surface area contributed by atoms with Crippen LogP contribution in [0.5, 0.6) is 0 Å². The van der Waals surface area contributed by atoms with E-state index in [0.717, 1.165) is 52.5 Å². The zero-order chi connectivity index (χ0) is 17.0. The van der Waals surface area contributed by atoms with Gasteiger partial charge in [0.05, 0.1) is 19.8 Å². The topological polar surface area (TPSA) is 37.8 Å². The third-order valence-electron chi connectivity index (χ3n) is 4.90. The van der Waals surface area contributed by atoms with Gasteiger partial charge in [0.25, 0.3) is 0 Å². The second-order valence-corrected chi connectivity index (χ2v) is 7.77. The Labute approximate surface area is 153 Å². The molecule has 1 atom stereocenters. The summed E-state index contributed by atoms with van der Waals surface area (Å²) in [4.78, 5) is 9.07. The predicted molar refractivity (Wildman–Crippen MR) is 98.6 cm³/mol. The maximum atomic E-state index is 6.29. The molecule has 2 saturated heterocycles. The summed E-state index contributed by atoms with van der Waals surface area (Å²) < 4.78 is 12.2. The van der Waals surface area contributed by atoms with E-state index < -0.39 is 0 Å². The first kappa shape index (κ1) is 17.1. The van der Waals surface area contributed by atoms with Gasteiger partial charge in [-0.1, -0.05) is 0 Å². The fourth-order valence-electron chi connectivity index (χ4n) is 3.75. The lowest BCUT2D eigenvalue weighted by atomic mass is 10.0. The van der Waals surface area contributed by atoms with Crippen LogP contribution in [0.2, 0.25) is 0 Å². The van der Waals surface area contributed by atoms with Gasteiger partial charge < -0.3 is 9.47 Å². The highest BCUT2D eigenvalue weighted by Gasteiger charge is 2.40. The fourth-order valence-corrected chi connectivity index (χ4v) is 4.41. The van der Waals surface area contributed by atoms with E-state index in [2.05, 4.69) is 43.7 Å². The molecule has 2 aliphatic rings. The van der Waals surface area contributed by atoms with E-state index in [-0.39, 0.29) is 5.60 Å². The summed E-state index contributed by atoms with van der Waals surface area (Å²) in [5, 5.41) is 4.39. The minimum atomic E-state index is -0.224. The van der Waals surface area contributed by atoms with Crippen LogP contribution in [-0.4, -0.2) is 66.4 Å². The number of aromatic nitrogens is 1. The van der Waals surface area contributed by atoms with Gasteiger partial charge in [-0.05, 0) is 40.1 Å². The van der Waals surface area contributed by atoms with Crippen LogP contribution >= 0.6 is 11.3 Å². The summed E-state index contributed by atoms with van der Waals surface area (Å²) >= 11 is 1.76. The number of thiophene rings is 1. The van der Waals surface area contributed by atoms with E-state index in [1.54, 1.807) is 11.3 Å². The highest BCUT2D eigenvalue weighted by atomic mass is 32.1. The fraction of sp³-hybridized carbons (Fsp3) is 0.526. The minimum Gasteiger partial charge on any atom is -0.377 e. The molecule has 0 radical (unpaired) electrons. The SMILES string of the molecule is c1cc(CN2CCOC[C@]3(C2)CN(Cc2ccsc2)CCO3)ccn1. The van der Waals surface area contributed by atoms with Crippen LogP contribution in [0.1, 0.15) is 11.1 Å². The van der Waals surface area contributed by atoms with Gasteiger partial charge in [0.1, 0.15) is 5.60 Å². The largest absolute Gasteiger partial charge is 0.377 e. The molecule has 4 rings (SSSR count). The van der Waals surface area contributed by atoms with Crippen molar-refractivity contribution in [1.82, 2.24) is 14.8 Å². The van der Waals surface area contributed by atoms with Gasteiger partial charge in [-0.2, -0.15) is 11.3 Å². The maximum absolute atomic E-state index is 6.29. The molecule has 6 heteroatoms. The molecule has 1 spiro atoms. The molecule has 0 aliphatic carbocycles. The summed E-state index contributed by atoms with van der Waals surface area (Å²) in [6.07, 6.45) is 3.72. The third kappa shape index (κ3) is 4.46. The standard InChI is InChI=1S/C19H25N3O2S/c1-4-20-5-2-17(1)11-21-6-8-23-16-19(14-21)15-22(7-9-24-19)12-18-3-10-25-13-18/h1-5,10,13H,6-9,11-12,14-16H2/t19-/m0/s1. The van der Waals surface area contributed by atoms with Crippen molar-refractivity contribution in [3.8, 4) is 0 Å². The smallest absolute Gasteiger partial charge is 0.117 e. The average Bonchev–Trinajstić information content (AvgIpc) is 3.05. The van der Waals surface area contributed by atoms with Crippen molar-refractivity contribution in [3.05, 3.63) is 52.5 Å². The summed E-state index contributed by atoms with van der Waals surface area (Å²) in [6.45, 7) is 7.91. The van der Waals surface area contributed by atoms with Crippen LogP contribution in [0.4, 0.5) is 0 Å².